The van der Waals surface area contributed by atoms with Crippen LogP contribution in [0, 0.1) is 0 Å². The summed E-state index contributed by atoms with van der Waals surface area (Å²) in [6, 6.07) is 8.21. The summed E-state index contributed by atoms with van der Waals surface area (Å²) in [5.41, 5.74) is 0. The average Bonchev–Trinajstić information content (AvgIpc) is 3.09. The van der Waals surface area contributed by atoms with E-state index in [0.29, 0.717) is 10.4 Å². The molecule has 0 N–H and O–H groups in total. The van der Waals surface area contributed by atoms with Crippen LogP contribution in [0.3, 0.4) is 0 Å². The highest BCUT2D eigenvalue weighted by atomic mass is 35.5. The molecule has 2 aromatic rings. The molecule has 3 rings (SSSR count). The van der Waals surface area contributed by atoms with Crippen molar-refractivity contribution in [2.75, 3.05) is 13.1 Å². The number of amides is 1. The van der Waals surface area contributed by atoms with E-state index < -0.39 is 0 Å². The lowest BCUT2D eigenvalue weighted by molar-refractivity contribution is 0.0699. The van der Waals surface area contributed by atoms with E-state index in [0.717, 1.165) is 30.8 Å². The minimum absolute atomic E-state index is 0.114. The zero-order valence-electron chi connectivity index (χ0n) is 10.5. The molecule has 0 bridgehead atoms. The van der Waals surface area contributed by atoms with Gasteiger partial charge in [0.25, 0.3) is 5.91 Å². The van der Waals surface area contributed by atoms with Gasteiger partial charge in [-0.1, -0.05) is 11.6 Å². The number of thiophene rings is 1. The van der Waals surface area contributed by atoms with E-state index in [1.807, 2.05) is 23.1 Å². The number of likely N-dealkylation sites (tertiary alicyclic amines) is 1. The molecule has 0 spiro atoms. The van der Waals surface area contributed by atoms with Gasteiger partial charge in [-0.05, 0) is 37.1 Å². The third-order valence-corrected chi connectivity index (χ3v) is 4.80. The number of piperidine rings is 1. The molecule has 0 saturated carbocycles. The second kappa shape index (κ2) is 5.39. The Kier molecular flexibility index (Phi) is 3.62. The van der Waals surface area contributed by atoms with Crippen molar-refractivity contribution in [1.82, 2.24) is 9.47 Å². The summed E-state index contributed by atoms with van der Waals surface area (Å²) in [5.74, 6) is 0.114. The third-order valence-electron chi connectivity index (χ3n) is 3.58. The van der Waals surface area contributed by atoms with Crippen molar-refractivity contribution < 1.29 is 4.79 Å². The molecule has 0 aromatic carbocycles. The minimum atomic E-state index is 0.114. The first-order valence-electron chi connectivity index (χ1n) is 6.41. The highest BCUT2D eigenvalue weighted by Gasteiger charge is 2.24. The topological polar surface area (TPSA) is 25.2 Å². The molecule has 5 heteroatoms. The van der Waals surface area contributed by atoms with Crippen molar-refractivity contribution in [3.05, 3.63) is 45.9 Å². The summed E-state index contributed by atoms with van der Waals surface area (Å²) in [5, 5.41) is 0. The molecule has 1 aliphatic heterocycles. The number of hydrogen-bond acceptors (Lipinski definition) is 2. The molecule has 0 unspecified atom stereocenters. The quantitative estimate of drug-likeness (QED) is 0.829. The number of aromatic nitrogens is 1. The fraction of sp³-hybridized carbons (Fsp3) is 0.357. The Morgan fingerprint density at radius 2 is 1.89 bits per heavy atom. The van der Waals surface area contributed by atoms with Gasteiger partial charge in [0.2, 0.25) is 0 Å². The van der Waals surface area contributed by atoms with Gasteiger partial charge in [0, 0.05) is 31.5 Å². The maximum absolute atomic E-state index is 12.3. The van der Waals surface area contributed by atoms with Gasteiger partial charge in [-0.2, -0.15) is 0 Å². The molecule has 3 nitrogen and oxygen atoms in total. The summed E-state index contributed by atoms with van der Waals surface area (Å²) in [6.07, 6.45) is 6.22. The smallest absolute Gasteiger partial charge is 0.263 e. The van der Waals surface area contributed by atoms with Gasteiger partial charge < -0.3 is 9.47 Å². The molecule has 1 saturated heterocycles. The van der Waals surface area contributed by atoms with E-state index in [4.69, 9.17) is 11.6 Å². The van der Waals surface area contributed by atoms with Crippen LogP contribution in [0.2, 0.25) is 4.34 Å². The first-order chi connectivity index (χ1) is 9.24. The van der Waals surface area contributed by atoms with E-state index in [1.165, 1.54) is 11.3 Å². The van der Waals surface area contributed by atoms with Gasteiger partial charge in [-0.15, -0.1) is 11.3 Å². The molecular formula is C14H15ClN2OS. The summed E-state index contributed by atoms with van der Waals surface area (Å²) >= 11 is 7.24. The lowest BCUT2D eigenvalue weighted by Gasteiger charge is -2.32. The lowest BCUT2D eigenvalue weighted by atomic mass is 10.0. The predicted octanol–water partition coefficient (Wildman–Crippen LogP) is 3.68. The average molecular weight is 295 g/mol. The molecular weight excluding hydrogens is 280 g/mol. The number of carbonyl (C=O) groups excluding carboxylic acids is 1. The van der Waals surface area contributed by atoms with Crippen LogP contribution in [0.1, 0.15) is 28.6 Å². The number of rotatable bonds is 2. The zero-order chi connectivity index (χ0) is 13.2. The zero-order valence-corrected chi connectivity index (χ0v) is 12.0. The SMILES string of the molecule is O=C(c1ccc(Cl)s1)N1CCC(n2cccc2)CC1. The van der Waals surface area contributed by atoms with Crippen molar-refractivity contribution in [1.29, 1.82) is 0 Å². The van der Waals surface area contributed by atoms with Crippen molar-refractivity contribution >= 4 is 28.8 Å². The molecule has 1 fully saturated rings. The Bertz CT molecular complexity index is 556. The van der Waals surface area contributed by atoms with Gasteiger partial charge in [-0.3, -0.25) is 4.79 Å². The van der Waals surface area contributed by atoms with E-state index in [2.05, 4.69) is 17.0 Å². The molecule has 19 heavy (non-hydrogen) atoms. The maximum Gasteiger partial charge on any atom is 0.263 e. The van der Waals surface area contributed by atoms with E-state index in [1.54, 1.807) is 6.07 Å². The fourth-order valence-corrected chi connectivity index (χ4v) is 3.55. The van der Waals surface area contributed by atoms with Crippen molar-refractivity contribution in [2.24, 2.45) is 0 Å². The van der Waals surface area contributed by atoms with Crippen LogP contribution in [-0.4, -0.2) is 28.5 Å². The molecule has 2 aromatic heterocycles. The predicted molar refractivity (Wildman–Crippen MR) is 77.9 cm³/mol. The van der Waals surface area contributed by atoms with Gasteiger partial charge in [-0.25, -0.2) is 0 Å². The molecule has 100 valence electrons. The summed E-state index contributed by atoms with van der Waals surface area (Å²) in [4.78, 5) is 15.0. The Morgan fingerprint density at radius 1 is 1.21 bits per heavy atom. The highest BCUT2D eigenvalue weighted by molar-refractivity contribution is 7.17. The second-order valence-corrected chi connectivity index (χ2v) is 6.47. The van der Waals surface area contributed by atoms with Crippen LogP contribution >= 0.6 is 22.9 Å². The number of nitrogens with zero attached hydrogens (tertiary/aromatic N) is 2. The highest BCUT2D eigenvalue weighted by Crippen LogP contribution is 2.27. The molecule has 0 aliphatic carbocycles. The van der Waals surface area contributed by atoms with Crippen LogP contribution in [-0.2, 0) is 0 Å². The maximum atomic E-state index is 12.3. The van der Waals surface area contributed by atoms with Crippen LogP contribution in [0.15, 0.2) is 36.7 Å². The summed E-state index contributed by atoms with van der Waals surface area (Å²) in [7, 11) is 0. The summed E-state index contributed by atoms with van der Waals surface area (Å²) < 4.78 is 2.91. The third kappa shape index (κ3) is 2.69. The van der Waals surface area contributed by atoms with E-state index in [9.17, 15) is 4.79 Å². The normalized spacial score (nSPS) is 16.8. The van der Waals surface area contributed by atoms with Gasteiger partial charge in [0.15, 0.2) is 0 Å². The summed E-state index contributed by atoms with van der Waals surface area (Å²) in [6.45, 7) is 1.63. The Morgan fingerprint density at radius 3 is 2.47 bits per heavy atom. The largest absolute Gasteiger partial charge is 0.351 e. The number of carbonyl (C=O) groups is 1. The fourth-order valence-electron chi connectivity index (χ4n) is 2.54. The monoisotopic (exact) mass is 294 g/mol. The molecule has 0 radical (unpaired) electrons. The minimum Gasteiger partial charge on any atom is -0.351 e. The first kappa shape index (κ1) is 12.8. The van der Waals surface area contributed by atoms with E-state index >= 15 is 0 Å². The van der Waals surface area contributed by atoms with Gasteiger partial charge >= 0.3 is 0 Å². The Hall–Kier alpha value is -1.26. The Balaban J connectivity index is 1.62. The van der Waals surface area contributed by atoms with Crippen LogP contribution in [0.25, 0.3) is 0 Å². The second-order valence-electron chi connectivity index (χ2n) is 4.76. The molecule has 1 aliphatic rings. The van der Waals surface area contributed by atoms with E-state index in [-0.39, 0.29) is 5.91 Å². The lowest BCUT2D eigenvalue weighted by Crippen LogP contribution is -2.38. The van der Waals surface area contributed by atoms with Crippen molar-refractivity contribution in [3.63, 3.8) is 0 Å². The number of halogens is 1. The molecule has 3 heterocycles. The standard InChI is InChI=1S/C14H15ClN2OS/c15-13-4-3-12(19-13)14(18)17-9-5-11(6-10-17)16-7-1-2-8-16/h1-4,7-8,11H,5-6,9-10H2. The van der Waals surface area contributed by atoms with Crippen molar-refractivity contribution in [3.8, 4) is 0 Å². The van der Waals surface area contributed by atoms with Crippen LogP contribution < -0.4 is 0 Å². The van der Waals surface area contributed by atoms with Gasteiger partial charge in [0.1, 0.15) is 0 Å². The van der Waals surface area contributed by atoms with Gasteiger partial charge in [0.05, 0.1) is 9.21 Å². The molecule has 0 atom stereocenters. The van der Waals surface area contributed by atoms with Crippen LogP contribution in [0.4, 0.5) is 0 Å². The first-order valence-corrected chi connectivity index (χ1v) is 7.60. The molecule has 1 amide bonds. The van der Waals surface area contributed by atoms with Crippen LogP contribution in [0.5, 0.6) is 0 Å². The Labute approximate surface area is 121 Å². The number of hydrogen-bond donors (Lipinski definition) is 0. The van der Waals surface area contributed by atoms with Crippen molar-refractivity contribution in [2.45, 2.75) is 18.9 Å².